The lowest BCUT2D eigenvalue weighted by molar-refractivity contribution is -0.119. The highest BCUT2D eigenvalue weighted by Crippen LogP contribution is 2.23. The SMILES string of the molecule is NC(Cc1cccc(CSc2nc3ccccc3[nH]2)c1)C(=O)N=O. The number of nitrogens with one attached hydrogen (secondary N) is 1. The number of thioether (sulfide) groups is 1. The van der Waals surface area contributed by atoms with E-state index in [4.69, 9.17) is 5.73 Å². The number of aromatic nitrogens is 2. The first kappa shape index (κ1) is 16.4. The van der Waals surface area contributed by atoms with Crippen LogP contribution in [-0.2, 0) is 17.0 Å². The summed E-state index contributed by atoms with van der Waals surface area (Å²) >= 11 is 1.60. The molecule has 1 atom stereocenters. The second-order valence-corrected chi connectivity index (χ2v) is 6.37. The Bertz CT molecular complexity index is 845. The van der Waals surface area contributed by atoms with E-state index in [9.17, 15) is 9.70 Å². The van der Waals surface area contributed by atoms with Crippen LogP contribution in [-0.4, -0.2) is 21.9 Å². The predicted octanol–water partition coefficient (Wildman–Crippen LogP) is 3.02. The number of fused-ring (bicyclic) bond motifs is 1. The minimum atomic E-state index is -0.888. The molecule has 0 fully saturated rings. The van der Waals surface area contributed by atoms with Gasteiger partial charge in [0.1, 0.15) is 0 Å². The van der Waals surface area contributed by atoms with Crippen molar-refractivity contribution in [1.82, 2.24) is 9.97 Å². The Morgan fingerprint density at radius 1 is 1.21 bits per heavy atom. The maximum atomic E-state index is 11.2. The van der Waals surface area contributed by atoms with Gasteiger partial charge in [-0.2, -0.15) is 0 Å². The monoisotopic (exact) mass is 340 g/mol. The minimum absolute atomic E-state index is 0.299. The summed E-state index contributed by atoms with van der Waals surface area (Å²) in [7, 11) is 0. The van der Waals surface area contributed by atoms with E-state index in [1.165, 1.54) is 0 Å². The summed E-state index contributed by atoms with van der Waals surface area (Å²) in [4.78, 5) is 29.2. The highest BCUT2D eigenvalue weighted by atomic mass is 32.2. The van der Waals surface area contributed by atoms with Crippen molar-refractivity contribution in [2.75, 3.05) is 0 Å². The smallest absolute Gasteiger partial charge is 0.303 e. The number of carbonyl (C=O) groups excluding carboxylic acids is 1. The molecule has 0 aliphatic rings. The summed E-state index contributed by atoms with van der Waals surface area (Å²) in [5.41, 5.74) is 9.61. The topological polar surface area (TPSA) is 101 Å². The molecule has 0 aliphatic heterocycles. The number of benzene rings is 2. The van der Waals surface area contributed by atoms with Gasteiger partial charge in [0.2, 0.25) is 0 Å². The number of carbonyl (C=O) groups is 1. The van der Waals surface area contributed by atoms with Crippen molar-refractivity contribution in [3.63, 3.8) is 0 Å². The summed E-state index contributed by atoms with van der Waals surface area (Å²) in [6.45, 7) is 0. The van der Waals surface area contributed by atoms with Gasteiger partial charge >= 0.3 is 5.91 Å². The fourth-order valence-corrected chi connectivity index (χ4v) is 3.23. The van der Waals surface area contributed by atoms with Crippen LogP contribution in [0, 0.1) is 4.91 Å². The zero-order chi connectivity index (χ0) is 16.9. The Hall–Kier alpha value is -2.51. The van der Waals surface area contributed by atoms with Gasteiger partial charge in [0.05, 0.1) is 17.1 Å². The quantitative estimate of drug-likeness (QED) is 0.530. The van der Waals surface area contributed by atoms with Crippen molar-refractivity contribution in [3.8, 4) is 0 Å². The average molecular weight is 340 g/mol. The number of hydrogen-bond acceptors (Lipinski definition) is 5. The number of nitrogens with two attached hydrogens (primary N) is 1. The van der Waals surface area contributed by atoms with E-state index in [1.807, 2.05) is 48.5 Å². The molecule has 122 valence electrons. The summed E-state index contributed by atoms with van der Waals surface area (Å²) in [5.74, 6) is -0.0833. The van der Waals surface area contributed by atoms with Gasteiger partial charge < -0.3 is 10.7 Å². The molecule has 24 heavy (non-hydrogen) atoms. The first-order valence-electron chi connectivity index (χ1n) is 7.44. The average Bonchev–Trinajstić information content (AvgIpc) is 3.02. The third-order valence-electron chi connectivity index (χ3n) is 3.60. The molecule has 0 spiro atoms. The number of imidazole rings is 1. The van der Waals surface area contributed by atoms with Crippen LogP contribution in [0.2, 0.25) is 0 Å². The van der Waals surface area contributed by atoms with Gasteiger partial charge in [-0.25, -0.2) is 4.98 Å². The first-order chi connectivity index (χ1) is 11.7. The number of rotatable bonds is 6. The molecule has 1 unspecified atom stereocenters. The lowest BCUT2D eigenvalue weighted by Gasteiger charge is -2.07. The number of amides is 1. The molecule has 3 rings (SSSR count). The molecule has 0 saturated heterocycles. The van der Waals surface area contributed by atoms with Crippen LogP contribution >= 0.6 is 11.8 Å². The van der Waals surface area contributed by atoms with Gasteiger partial charge in [-0.15, -0.1) is 4.91 Å². The molecule has 0 radical (unpaired) electrons. The lowest BCUT2D eigenvalue weighted by atomic mass is 10.0. The number of aromatic amines is 1. The largest absolute Gasteiger partial charge is 0.333 e. The van der Waals surface area contributed by atoms with E-state index < -0.39 is 11.9 Å². The van der Waals surface area contributed by atoms with Crippen molar-refractivity contribution in [2.24, 2.45) is 10.9 Å². The maximum absolute atomic E-state index is 11.2. The summed E-state index contributed by atoms with van der Waals surface area (Å²) in [5, 5.41) is 3.23. The summed E-state index contributed by atoms with van der Waals surface area (Å²) in [6, 6.07) is 14.8. The second-order valence-electron chi connectivity index (χ2n) is 5.41. The fourth-order valence-electron chi connectivity index (χ4n) is 2.40. The minimum Gasteiger partial charge on any atom is -0.333 e. The van der Waals surface area contributed by atoms with Gasteiger partial charge in [0.15, 0.2) is 5.16 Å². The van der Waals surface area contributed by atoms with Gasteiger partial charge in [0.25, 0.3) is 0 Å². The Morgan fingerprint density at radius 2 is 2.00 bits per heavy atom. The van der Waals surface area contributed by atoms with E-state index in [2.05, 4.69) is 15.1 Å². The molecule has 2 aromatic carbocycles. The van der Waals surface area contributed by atoms with Crippen LogP contribution in [0.25, 0.3) is 11.0 Å². The van der Waals surface area contributed by atoms with Crippen LogP contribution in [0.1, 0.15) is 11.1 Å². The molecule has 6 nitrogen and oxygen atoms in total. The van der Waals surface area contributed by atoms with Gasteiger partial charge in [-0.05, 0) is 29.7 Å². The van der Waals surface area contributed by atoms with E-state index in [0.717, 1.165) is 33.1 Å². The summed E-state index contributed by atoms with van der Waals surface area (Å²) < 4.78 is 0. The molecule has 0 aliphatic carbocycles. The second kappa shape index (κ2) is 7.37. The zero-order valence-electron chi connectivity index (χ0n) is 12.8. The Morgan fingerprint density at radius 3 is 2.79 bits per heavy atom. The number of H-pyrrole nitrogens is 1. The van der Waals surface area contributed by atoms with Gasteiger partial charge in [-0.1, -0.05) is 48.2 Å². The lowest BCUT2D eigenvalue weighted by Crippen LogP contribution is -2.31. The van der Waals surface area contributed by atoms with Crippen molar-refractivity contribution >= 4 is 28.7 Å². The van der Waals surface area contributed by atoms with Crippen LogP contribution < -0.4 is 5.73 Å². The van der Waals surface area contributed by atoms with Crippen molar-refractivity contribution in [1.29, 1.82) is 0 Å². The Labute approximate surface area is 142 Å². The highest BCUT2D eigenvalue weighted by molar-refractivity contribution is 7.98. The Balaban J connectivity index is 1.66. The molecule has 3 aromatic rings. The molecular formula is C17H16N4O2S. The van der Waals surface area contributed by atoms with Crippen molar-refractivity contribution < 1.29 is 4.79 Å². The molecule has 0 bridgehead atoms. The van der Waals surface area contributed by atoms with Crippen LogP contribution in [0.4, 0.5) is 0 Å². The van der Waals surface area contributed by atoms with E-state index >= 15 is 0 Å². The number of nitrogens with zero attached hydrogens (tertiary/aromatic N) is 2. The molecule has 1 amide bonds. The van der Waals surface area contributed by atoms with Gasteiger partial charge in [-0.3, -0.25) is 4.79 Å². The standard InChI is InChI=1S/C17H16N4O2S/c18-13(16(22)21-23)9-11-4-3-5-12(8-11)10-24-17-19-14-6-1-2-7-15(14)20-17/h1-8,13H,9-10,18H2,(H,19,20). The highest BCUT2D eigenvalue weighted by Gasteiger charge is 2.14. The normalized spacial score (nSPS) is 12.2. The summed E-state index contributed by atoms with van der Waals surface area (Å²) in [6.07, 6.45) is 0.299. The van der Waals surface area contributed by atoms with Crippen LogP contribution in [0.15, 0.2) is 58.9 Å². The van der Waals surface area contributed by atoms with E-state index in [-0.39, 0.29) is 0 Å². The van der Waals surface area contributed by atoms with Crippen LogP contribution in [0.5, 0.6) is 0 Å². The molecule has 1 aromatic heterocycles. The zero-order valence-corrected chi connectivity index (χ0v) is 13.6. The van der Waals surface area contributed by atoms with Crippen LogP contribution in [0.3, 0.4) is 0 Å². The fraction of sp³-hybridized carbons (Fsp3) is 0.176. The number of nitroso groups, excluding NO2 is 1. The third kappa shape index (κ3) is 3.87. The molecule has 0 saturated carbocycles. The third-order valence-corrected chi connectivity index (χ3v) is 4.54. The van der Waals surface area contributed by atoms with Gasteiger partial charge in [0, 0.05) is 10.9 Å². The number of para-hydroxylation sites is 2. The first-order valence-corrected chi connectivity index (χ1v) is 8.42. The maximum Gasteiger partial charge on any atom is 0.303 e. The Kier molecular flexibility index (Phi) is 5.02. The van der Waals surface area contributed by atoms with Crippen molar-refractivity contribution in [3.05, 3.63) is 64.6 Å². The van der Waals surface area contributed by atoms with E-state index in [1.54, 1.807) is 11.8 Å². The molecule has 1 heterocycles. The van der Waals surface area contributed by atoms with E-state index in [0.29, 0.717) is 6.42 Å². The molecular weight excluding hydrogens is 324 g/mol. The molecule has 3 N–H and O–H groups in total. The van der Waals surface area contributed by atoms with Crippen molar-refractivity contribution in [2.45, 2.75) is 23.4 Å². The molecule has 7 heteroatoms. The number of hydrogen-bond donors (Lipinski definition) is 2. The predicted molar refractivity (Wildman–Crippen MR) is 94.6 cm³/mol.